The molecule has 0 unspecified atom stereocenters. The molecule has 7 heteroatoms. The summed E-state index contributed by atoms with van der Waals surface area (Å²) in [4.78, 5) is 11.9. The summed E-state index contributed by atoms with van der Waals surface area (Å²) in [6.45, 7) is 0.779. The largest absolute Gasteiger partial charge is 0.383 e. The third-order valence-electron chi connectivity index (χ3n) is 2.47. The molecule has 0 heterocycles. The first-order chi connectivity index (χ1) is 8.89. The van der Waals surface area contributed by atoms with Gasteiger partial charge in [-0.25, -0.2) is 12.7 Å². The van der Waals surface area contributed by atoms with Crippen LogP contribution >= 0.6 is 0 Å². The normalized spacial score (nSPS) is 11.6. The van der Waals surface area contributed by atoms with Crippen LogP contribution in [-0.2, 0) is 14.8 Å². The Morgan fingerprint density at radius 3 is 2.63 bits per heavy atom. The molecule has 106 valence electrons. The Kier molecular flexibility index (Phi) is 5.46. The summed E-state index contributed by atoms with van der Waals surface area (Å²) in [5.74, 6) is -0.326. The molecule has 0 saturated heterocycles. The van der Waals surface area contributed by atoms with Crippen molar-refractivity contribution in [3.63, 3.8) is 0 Å². The summed E-state index contributed by atoms with van der Waals surface area (Å²) in [6.07, 6.45) is 0. The van der Waals surface area contributed by atoms with Crippen molar-refractivity contribution < 1.29 is 17.9 Å². The third kappa shape index (κ3) is 4.02. The van der Waals surface area contributed by atoms with Gasteiger partial charge in [0.1, 0.15) is 0 Å². The minimum atomic E-state index is -3.53. The molecule has 0 bridgehead atoms. The highest BCUT2D eigenvalue weighted by molar-refractivity contribution is 7.89. The fourth-order valence-electron chi connectivity index (χ4n) is 1.38. The zero-order valence-corrected chi connectivity index (χ0v) is 12.0. The highest BCUT2D eigenvalue weighted by Crippen LogP contribution is 2.14. The molecule has 0 radical (unpaired) electrons. The van der Waals surface area contributed by atoms with E-state index in [1.165, 1.54) is 33.3 Å². The molecule has 0 fully saturated rings. The number of sulfonamides is 1. The van der Waals surface area contributed by atoms with E-state index in [2.05, 4.69) is 5.32 Å². The van der Waals surface area contributed by atoms with Crippen molar-refractivity contribution in [3.05, 3.63) is 29.8 Å². The van der Waals surface area contributed by atoms with Gasteiger partial charge in [0, 0.05) is 33.3 Å². The van der Waals surface area contributed by atoms with Crippen LogP contribution in [0, 0.1) is 0 Å². The molecule has 1 aromatic rings. The predicted molar refractivity (Wildman–Crippen MR) is 71.5 cm³/mol. The van der Waals surface area contributed by atoms with Gasteiger partial charge >= 0.3 is 0 Å². The molecule has 0 spiro atoms. The molecule has 0 aliphatic carbocycles. The van der Waals surface area contributed by atoms with Crippen molar-refractivity contribution in [1.29, 1.82) is 0 Å². The van der Waals surface area contributed by atoms with E-state index in [0.717, 1.165) is 4.31 Å². The molecule has 1 aromatic carbocycles. The molecule has 1 N–H and O–H groups in total. The SMILES string of the molecule is COCCNC(=O)c1cccc(S(=O)(=O)N(C)C)c1. The van der Waals surface area contributed by atoms with E-state index in [0.29, 0.717) is 18.7 Å². The van der Waals surface area contributed by atoms with Gasteiger partial charge < -0.3 is 10.1 Å². The van der Waals surface area contributed by atoms with Crippen LogP contribution in [0.5, 0.6) is 0 Å². The Labute approximate surface area is 113 Å². The molecule has 1 rings (SSSR count). The number of nitrogens with zero attached hydrogens (tertiary/aromatic N) is 1. The molecule has 0 atom stereocenters. The molecule has 0 saturated carbocycles. The monoisotopic (exact) mass is 286 g/mol. The second-order valence-corrected chi connectivity index (χ2v) is 6.22. The minimum Gasteiger partial charge on any atom is -0.383 e. The number of methoxy groups -OCH3 is 1. The lowest BCUT2D eigenvalue weighted by molar-refractivity contribution is 0.0937. The number of carbonyl (C=O) groups excluding carboxylic acids is 1. The summed E-state index contributed by atoms with van der Waals surface area (Å²) >= 11 is 0. The van der Waals surface area contributed by atoms with E-state index < -0.39 is 10.0 Å². The first kappa shape index (κ1) is 15.6. The lowest BCUT2D eigenvalue weighted by Gasteiger charge is -2.12. The summed E-state index contributed by atoms with van der Waals surface area (Å²) < 4.78 is 29.8. The van der Waals surface area contributed by atoms with Crippen LogP contribution in [0.15, 0.2) is 29.2 Å². The number of carbonyl (C=O) groups is 1. The first-order valence-corrected chi connectivity index (χ1v) is 7.13. The van der Waals surface area contributed by atoms with Crippen LogP contribution < -0.4 is 5.32 Å². The van der Waals surface area contributed by atoms with Gasteiger partial charge in [0.15, 0.2) is 0 Å². The van der Waals surface area contributed by atoms with E-state index >= 15 is 0 Å². The average molecular weight is 286 g/mol. The van der Waals surface area contributed by atoms with Gasteiger partial charge in [-0.1, -0.05) is 6.07 Å². The second-order valence-electron chi connectivity index (χ2n) is 4.06. The Hall–Kier alpha value is -1.44. The predicted octanol–water partition coefficient (Wildman–Crippen LogP) is 0.313. The lowest BCUT2D eigenvalue weighted by atomic mass is 10.2. The van der Waals surface area contributed by atoms with Gasteiger partial charge in [0.25, 0.3) is 5.91 Å². The number of nitrogens with one attached hydrogen (secondary N) is 1. The number of ether oxygens (including phenoxy) is 1. The maximum absolute atomic E-state index is 11.9. The number of benzene rings is 1. The maximum Gasteiger partial charge on any atom is 0.251 e. The van der Waals surface area contributed by atoms with Crippen molar-refractivity contribution in [1.82, 2.24) is 9.62 Å². The van der Waals surface area contributed by atoms with Crippen molar-refractivity contribution in [2.45, 2.75) is 4.90 Å². The van der Waals surface area contributed by atoms with Crippen molar-refractivity contribution in [2.24, 2.45) is 0 Å². The number of rotatable bonds is 6. The standard InChI is InChI=1S/C12H18N2O4S/c1-14(2)19(16,17)11-6-4-5-10(9-11)12(15)13-7-8-18-3/h4-6,9H,7-8H2,1-3H3,(H,13,15). The highest BCUT2D eigenvalue weighted by Gasteiger charge is 2.18. The van der Waals surface area contributed by atoms with Crippen LogP contribution in [-0.4, -0.2) is 53.0 Å². The molecular weight excluding hydrogens is 268 g/mol. The van der Waals surface area contributed by atoms with E-state index in [1.54, 1.807) is 12.1 Å². The van der Waals surface area contributed by atoms with Crippen LogP contribution in [0.4, 0.5) is 0 Å². The number of hydrogen-bond donors (Lipinski definition) is 1. The second kappa shape index (κ2) is 6.65. The Morgan fingerprint density at radius 1 is 1.37 bits per heavy atom. The van der Waals surface area contributed by atoms with Crippen LogP contribution in [0.3, 0.4) is 0 Å². The number of hydrogen-bond acceptors (Lipinski definition) is 4. The van der Waals surface area contributed by atoms with E-state index in [1.807, 2.05) is 0 Å². The summed E-state index contributed by atoms with van der Waals surface area (Å²) in [7, 11) is 0.899. The first-order valence-electron chi connectivity index (χ1n) is 5.69. The Balaban J connectivity index is 2.92. The molecule has 1 amide bonds. The molecular formula is C12H18N2O4S. The lowest BCUT2D eigenvalue weighted by Crippen LogP contribution is -2.27. The van der Waals surface area contributed by atoms with Gasteiger partial charge in [-0.15, -0.1) is 0 Å². The highest BCUT2D eigenvalue weighted by atomic mass is 32.2. The Bertz CT molecular complexity index is 540. The average Bonchev–Trinajstić information content (AvgIpc) is 2.39. The third-order valence-corrected chi connectivity index (χ3v) is 4.28. The quantitative estimate of drug-likeness (QED) is 0.764. The zero-order valence-electron chi connectivity index (χ0n) is 11.2. The van der Waals surface area contributed by atoms with E-state index in [-0.39, 0.29) is 10.8 Å². The molecule has 0 aliphatic rings. The van der Waals surface area contributed by atoms with Gasteiger partial charge in [-0.2, -0.15) is 0 Å². The summed E-state index contributed by atoms with van der Waals surface area (Å²) in [5.41, 5.74) is 0.305. The minimum absolute atomic E-state index is 0.0943. The van der Waals surface area contributed by atoms with Crippen molar-refractivity contribution in [2.75, 3.05) is 34.4 Å². The fraction of sp³-hybridized carbons (Fsp3) is 0.417. The van der Waals surface area contributed by atoms with Crippen LogP contribution in [0.25, 0.3) is 0 Å². The molecule has 6 nitrogen and oxygen atoms in total. The zero-order chi connectivity index (χ0) is 14.5. The number of amides is 1. The molecule has 0 aromatic heterocycles. The Morgan fingerprint density at radius 2 is 2.05 bits per heavy atom. The van der Waals surface area contributed by atoms with Crippen LogP contribution in [0.1, 0.15) is 10.4 Å². The van der Waals surface area contributed by atoms with Crippen LogP contribution in [0.2, 0.25) is 0 Å². The molecule has 19 heavy (non-hydrogen) atoms. The maximum atomic E-state index is 11.9. The van der Waals surface area contributed by atoms with E-state index in [9.17, 15) is 13.2 Å². The summed E-state index contributed by atoms with van der Waals surface area (Å²) in [5, 5.41) is 2.64. The van der Waals surface area contributed by atoms with Gasteiger partial charge in [-0.05, 0) is 18.2 Å². The van der Waals surface area contributed by atoms with Crippen molar-refractivity contribution in [3.8, 4) is 0 Å². The van der Waals surface area contributed by atoms with E-state index in [4.69, 9.17) is 4.74 Å². The van der Waals surface area contributed by atoms with Gasteiger partial charge in [0.2, 0.25) is 10.0 Å². The van der Waals surface area contributed by atoms with Gasteiger partial charge in [-0.3, -0.25) is 4.79 Å². The smallest absolute Gasteiger partial charge is 0.251 e. The summed E-state index contributed by atoms with van der Waals surface area (Å²) in [6, 6.07) is 5.93. The van der Waals surface area contributed by atoms with Gasteiger partial charge in [0.05, 0.1) is 11.5 Å². The fourth-order valence-corrected chi connectivity index (χ4v) is 2.33. The molecule has 0 aliphatic heterocycles. The van der Waals surface area contributed by atoms with Crippen molar-refractivity contribution >= 4 is 15.9 Å². The topological polar surface area (TPSA) is 75.7 Å².